The number of amides is 2. The van der Waals surface area contributed by atoms with E-state index in [4.69, 9.17) is 11.6 Å². The number of halogens is 1. The highest BCUT2D eigenvalue weighted by Gasteiger charge is 2.04. The summed E-state index contributed by atoms with van der Waals surface area (Å²) in [6, 6.07) is 12.4. The van der Waals surface area contributed by atoms with Gasteiger partial charge in [0.25, 0.3) is 0 Å². The Morgan fingerprint density at radius 2 is 2.11 bits per heavy atom. The first-order valence-corrected chi connectivity index (χ1v) is 5.88. The minimum atomic E-state index is -0.269. The summed E-state index contributed by atoms with van der Waals surface area (Å²) in [5.74, 6) is 0. The molecule has 2 amide bonds. The van der Waals surface area contributed by atoms with Crippen LogP contribution in [-0.4, -0.2) is 6.03 Å². The van der Waals surface area contributed by atoms with Gasteiger partial charge in [-0.2, -0.15) is 0 Å². The second-order valence-corrected chi connectivity index (χ2v) is 4.14. The molecular weight excluding hydrogens is 250 g/mol. The SMILES string of the molecule is O=C(NCc1cccc[nH+]1)Nc1cccc(Cl)c1. The molecule has 3 N–H and O–H groups in total. The van der Waals surface area contributed by atoms with E-state index >= 15 is 0 Å². The number of aromatic amines is 1. The van der Waals surface area contributed by atoms with Gasteiger partial charge in [0.2, 0.25) is 0 Å². The Balaban J connectivity index is 1.86. The Morgan fingerprint density at radius 3 is 2.83 bits per heavy atom. The minimum absolute atomic E-state index is 0.269. The molecule has 0 radical (unpaired) electrons. The van der Waals surface area contributed by atoms with Crippen LogP contribution in [0.25, 0.3) is 0 Å². The van der Waals surface area contributed by atoms with Crippen molar-refractivity contribution < 1.29 is 9.78 Å². The summed E-state index contributed by atoms with van der Waals surface area (Å²) in [5.41, 5.74) is 1.59. The first kappa shape index (κ1) is 12.4. The second-order valence-electron chi connectivity index (χ2n) is 3.71. The zero-order valence-corrected chi connectivity index (χ0v) is 10.4. The molecule has 0 aliphatic heterocycles. The number of hydrogen-bond acceptors (Lipinski definition) is 1. The zero-order chi connectivity index (χ0) is 12.8. The second kappa shape index (κ2) is 6.02. The molecule has 4 nitrogen and oxygen atoms in total. The molecule has 0 saturated carbocycles. The Morgan fingerprint density at radius 1 is 1.22 bits per heavy atom. The fourth-order valence-electron chi connectivity index (χ4n) is 1.46. The van der Waals surface area contributed by atoms with Gasteiger partial charge in [-0.15, -0.1) is 0 Å². The Labute approximate surface area is 110 Å². The summed E-state index contributed by atoms with van der Waals surface area (Å²) in [6.45, 7) is 0.438. The summed E-state index contributed by atoms with van der Waals surface area (Å²) < 4.78 is 0. The van der Waals surface area contributed by atoms with Crippen LogP contribution in [0.1, 0.15) is 5.69 Å². The number of hydrogen-bond donors (Lipinski definition) is 2. The fourth-order valence-corrected chi connectivity index (χ4v) is 1.65. The van der Waals surface area contributed by atoms with Crippen LogP contribution < -0.4 is 15.6 Å². The van der Waals surface area contributed by atoms with E-state index in [1.807, 2.05) is 24.4 Å². The number of pyridine rings is 1. The highest BCUT2D eigenvalue weighted by molar-refractivity contribution is 6.30. The van der Waals surface area contributed by atoms with E-state index < -0.39 is 0 Å². The van der Waals surface area contributed by atoms with E-state index in [1.165, 1.54) is 0 Å². The van der Waals surface area contributed by atoms with E-state index in [2.05, 4.69) is 15.6 Å². The number of aromatic nitrogens is 1. The van der Waals surface area contributed by atoms with Crippen LogP contribution in [0.4, 0.5) is 10.5 Å². The number of benzene rings is 1. The van der Waals surface area contributed by atoms with Gasteiger partial charge >= 0.3 is 6.03 Å². The van der Waals surface area contributed by atoms with Crippen LogP contribution in [0.15, 0.2) is 48.7 Å². The van der Waals surface area contributed by atoms with Gasteiger partial charge in [-0.1, -0.05) is 23.7 Å². The van der Waals surface area contributed by atoms with Gasteiger partial charge in [0, 0.05) is 22.8 Å². The largest absolute Gasteiger partial charge is 0.328 e. The van der Waals surface area contributed by atoms with Crippen LogP contribution in [0.3, 0.4) is 0 Å². The van der Waals surface area contributed by atoms with Gasteiger partial charge in [0.05, 0.1) is 0 Å². The molecule has 0 saturated heterocycles. The van der Waals surface area contributed by atoms with Crippen LogP contribution in [0.2, 0.25) is 5.02 Å². The summed E-state index contributed by atoms with van der Waals surface area (Å²) >= 11 is 5.82. The van der Waals surface area contributed by atoms with Crippen molar-refractivity contribution >= 4 is 23.3 Å². The maximum atomic E-state index is 11.6. The molecule has 1 heterocycles. The average Bonchev–Trinajstić information content (AvgIpc) is 2.38. The predicted octanol–water partition coefficient (Wildman–Crippen LogP) is 2.48. The van der Waals surface area contributed by atoms with E-state index in [0.717, 1.165) is 5.69 Å². The quantitative estimate of drug-likeness (QED) is 0.877. The molecule has 0 aliphatic rings. The topological polar surface area (TPSA) is 55.3 Å². The zero-order valence-electron chi connectivity index (χ0n) is 9.61. The number of carbonyl (C=O) groups excluding carboxylic acids is 1. The first-order chi connectivity index (χ1) is 8.74. The summed E-state index contributed by atoms with van der Waals surface area (Å²) in [7, 11) is 0. The lowest BCUT2D eigenvalue weighted by Crippen LogP contribution is -2.30. The number of urea groups is 1. The third kappa shape index (κ3) is 3.75. The summed E-state index contributed by atoms with van der Waals surface area (Å²) in [5, 5.41) is 6.03. The molecule has 1 aromatic heterocycles. The minimum Gasteiger partial charge on any atom is -0.328 e. The van der Waals surface area contributed by atoms with Crippen molar-refractivity contribution in [2.45, 2.75) is 6.54 Å². The lowest BCUT2D eigenvalue weighted by molar-refractivity contribution is -0.390. The van der Waals surface area contributed by atoms with E-state index in [1.54, 1.807) is 24.3 Å². The molecule has 1 aromatic carbocycles. The van der Waals surface area contributed by atoms with Crippen LogP contribution in [-0.2, 0) is 6.54 Å². The lowest BCUT2D eigenvalue weighted by atomic mass is 10.3. The van der Waals surface area contributed by atoms with Crippen molar-refractivity contribution in [1.82, 2.24) is 5.32 Å². The van der Waals surface area contributed by atoms with Gasteiger partial charge in [-0.3, -0.25) is 0 Å². The van der Waals surface area contributed by atoms with E-state index in [9.17, 15) is 4.79 Å². The van der Waals surface area contributed by atoms with Crippen molar-refractivity contribution in [3.05, 3.63) is 59.4 Å². The molecule has 0 atom stereocenters. The maximum absolute atomic E-state index is 11.6. The molecule has 2 rings (SSSR count). The fraction of sp³-hybridized carbons (Fsp3) is 0.0769. The van der Waals surface area contributed by atoms with Crippen LogP contribution in [0.5, 0.6) is 0 Å². The Hall–Kier alpha value is -2.07. The van der Waals surface area contributed by atoms with Crippen molar-refractivity contribution in [2.75, 3.05) is 5.32 Å². The molecule has 92 valence electrons. The third-order valence-corrected chi connectivity index (χ3v) is 2.53. The van der Waals surface area contributed by atoms with Gasteiger partial charge in [0.15, 0.2) is 11.9 Å². The highest BCUT2D eigenvalue weighted by Crippen LogP contribution is 2.14. The van der Waals surface area contributed by atoms with Gasteiger partial charge in [-0.25, -0.2) is 9.78 Å². The van der Waals surface area contributed by atoms with Crippen molar-refractivity contribution in [3.63, 3.8) is 0 Å². The Bertz CT molecular complexity index is 531. The number of rotatable bonds is 3. The van der Waals surface area contributed by atoms with Gasteiger partial charge in [0.1, 0.15) is 6.54 Å². The van der Waals surface area contributed by atoms with Crippen LogP contribution >= 0.6 is 11.6 Å². The van der Waals surface area contributed by atoms with Gasteiger partial charge < -0.3 is 10.6 Å². The van der Waals surface area contributed by atoms with Crippen LogP contribution in [0, 0.1) is 0 Å². The molecule has 18 heavy (non-hydrogen) atoms. The molecule has 0 fully saturated rings. The van der Waals surface area contributed by atoms with Gasteiger partial charge in [-0.05, 0) is 18.2 Å². The molecule has 0 spiro atoms. The number of H-pyrrole nitrogens is 1. The van der Waals surface area contributed by atoms with Crippen molar-refractivity contribution in [1.29, 1.82) is 0 Å². The molecule has 0 unspecified atom stereocenters. The first-order valence-electron chi connectivity index (χ1n) is 5.50. The van der Waals surface area contributed by atoms with Crippen molar-refractivity contribution in [3.8, 4) is 0 Å². The summed E-state index contributed by atoms with van der Waals surface area (Å²) in [4.78, 5) is 14.7. The molecule has 0 bridgehead atoms. The predicted molar refractivity (Wildman–Crippen MR) is 70.3 cm³/mol. The standard InChI is InChI=1S/C13H12ClN3O/c14-10-4-3-6-11(8-10)17-13(18)16-9-12-5-1-2-7-15-12/h1-8H,9H2,(H2,16,17,18)/p+1. The average molecular weight is 263 g/mol. The number of anilines is 1. The Kier molecular flexibility index (Phi) is 4.15. The lowest BCUT2D eigenvalue weighted by Gasteiger charge is -2.05. The highest BCUT2D eigenvalue weighted by atomic mass is 35.5. The molecule has 2 aromatic rings. The van der Waals surface area contributed by atoms with E-state index in [-0.39, 0.29) is 6.03 Å². The smallest absolute Gasteiger partial charge is 0.319 e. The summed E-state index contributed by atoms with van der Waals surface area (Å²) in [6.07, 6.45) is 1.81. The monoisotopic (exact) mass is 262 g/mol. The number of nitrogens with one attached hydrogen (secondary N) is 3. The van der Waals surface area contributed by atoms with Crippen molar-refractivity contribution in [2.24, 2.45) is 0 Å². The maximum Gasteiger partial charge on any atom is 0.319 e. The molecular formula is C13H13ClN3O+. The van der Waals surface area contributed by atoms with E-state index in [0.29, 0.717) is 17.3 Å². The molecule has 5 heteroatoms. The molecule has 0 aliphatic carbocycles. The number of carbonyl (C=O) groups is 1. The third-order valence-electron chi connectivity index (χ3n) is 2.30. The normalized spacial score (nSPS) is 9.83.